The average Bonchev–Trinajstić information content (AvgIpc) is 2.68. The van der Waals surface area contributed by atoms with E-state index in [0.717, 1.165) is 18.2 Å². The number of nitrogens with zero attached hydrogens (tertiary/aromatic N) is 2. The van der Waals surface area contributed by atoms with E-state index in [-0.39, 0.29) is 31.9 Å². The summed E-state index contributed by atoms with van der Waals surface area (Å²) in [5, 5.41) is 2.38. The van der Waals surface area contributed by atoms with Gasteiger partial charge in [-0.1, -0.05) is 18.2 Å². The molecule has 2 amide bonds. The molecule has 30 heavy (non-hydrogen) atoms. The van der Waals surface area contributed by atoms with Crippen LogP contribution in [-0.2, 0) is 6.18 Å². The lowest BCUT2D eigenvalue weighted by Crippen LogP contribution is -2.50. The molecule has 0 atom stereocenters. The number of rotatable bonds is 3. The van der Waals surface area contributed by atoms with Crippen LogP contribution in [-0.4, -0.2) is 43.5 Å². The van der Waals surface area contributed by atoms with E-state index in [9.17, 15) is 31.1 Å². The lowest BCUT2D eigenvalue weighted by molar-refractivity contribution is -0.274. The fourth-order valence-electron chi connectivity index (χ4n) is 3.02. The topological polar surface area (TPSA) is 44.8 Å². The molecule has 5 nitrogen and oxygen atoms in total. The minimum Gasteiger partial charge on any atom is -0.404 e. The van der Waals surface area contributed by atoms with Crippen molar-refractivity contribution in [2.75, 3.05) is 36.4 Å². The third-order valence-electron chi connectivity index (χ3n) is 4.46. The highest BCUT2D eigenvalue weighted by molar-refractivity contribution is 5.91. The second-order valence-corrected chi connectivity index (χ2v) is 6.50. The van der Waals surface area contributed by atoms with Gasteiger partial charge in [-0.2, -0.15) is 13.2 Å². The molecule has 0 saturated carbocycles. The summed E-state index contributed by atoms with van der Waals surface area (Å²) in [7, 11) is 0. The van der Waals surface area contributed by atoms with Gasteiger partial charge in [-0.25, -0.2) is 4.79 Å². The number of amides is 2. The first-order chi connectivity index (χ1) is 14.0. The Morgan fingerprint density at radius 1 is 0.900 bits per heavy atom. The van der Waals surface area contributed by atoms with E-state index in [1.54, 1.807) is 11.0 Å². The van der Waals surface area contributed by atoms with Crippen molar-refractivity contribution in [2.45, 2.75) is 12.5 Å². The number of urea groups is 1. The van der Waals surface area contributed by atoms with Gasteiger partial charge in [-0.05, 0) is 30.3 Å². The second kappa shape index (κ2) is 8.33. The molecule has 2 aromatic carbocycles. The van der Waals surface area contributed by atoms with Gasteiger partial charge >= 0.3 is 18.6 Å². The zero-order valence-corrected chi connectivity index (χ0v) is 15.4. The minimum absolute atomic E-state index is 0.139. The van der Waals surface area contributed by atoms with Gasteiger partial charge in [-0.15, -0.1) is 13.2 Å². The standard InChI is InChI=1S/C19H17F6N3O2/c20-18(21,22)13-4-3-5-14(12-13)27-8-10-28(11-9-27)17(29)26-15-6-1-2-7-16(15)30-19(23,24)25/h1-7,12H,8-11H2,(H,26,29). The first kappa shape index (κ1) is 21.6. The number of hydrogen-bond donors (Lipinski definition) is 1. The molecular weight excluding hydrogens is 416 g/mol. The van der Waals surface area contributed by atoms with Crippen LogP contribution in [0.4, 0.5) is 42.5 Å². The van der Waals surface area contributed by atoms with Crippen molar-refractivity contribution in [2.24, 2.45) is 0 Å². The van der Waals surface area contributed by atoms with E-state index >= 15 is 0 Å². The smallest absolute Gasteiger partial charge is 0.404 e. The minimum atomic E-state index is -4.91. The number of carbonyl (C=O) groups excluding carboxylic acids is 1. The number of nitrogens with one attached hydrogen (secondary N) is 1. The van der Waals surface area contributed by atoms with Crippen LogP contribution < -0.4 is 15.0 Å². The largest absolute Gasteiger partial charge is 0.573 e. The maximum Gasteiger partial charge on any atom is 0.573 e. The Morgan fingerprint density at radius 2 is 1.57 bits per heavy atom. The third kappa shape index (κ3) is 5.49. The van der Waals surface area contributed by atoms with Gasteiger partial charge in [0.05, 0.1) is 11.3 Å². The molecule has 0 radical (unpaired) electrons. The Labute approximate surface area is 167 Å². The Bertz CT molecular complexity index is 892. The van der Waals surface area contributed by atoms with Crippen molar-refractivity contribution >= 4 is 17.4 Å². The quantitative estimate of drug-likeness (QED) is 0.697. The molecule has 1 saturated heterocycles. The first-order valence-corrected chi connectivity index (χ1v) is 8.86. The molecule has 1 fully saturated rings. The molecule has 0 spiro atoms. The highest BCUT2D eigenvalue weighted by Gasteiger charge is 2.33. The van der Waals surface area contributed by atoms with E-state index in [1.165, 1.54) is 29.2 Å². The van der Waals surface area contributed by atoms with Gasteiger partial charge in [0.1, 0.15) is 0 Å². The molecular formula is C19H17F6N3O2. The van der Waals surface area contributed by atoms with Crippen molar-refractivity contribution in [1.29, 1.82) is 0 Å². The van der Waals surface area contributed by atoms with E-state index in [4.69, 9.17) is 0 Å². The summed E-state index contributed by atoms with van der Waals surface area (Å²) in [4.78, 5) is 15.5. The molecule has 162 valence electrons. The fraction of sp³-hybridized carbons (Fsp3) is 0.316. The van der Waals surface area contributed by atoms with Crippen LogP contribution in [0.2, 0.25) is 0 Å². The molecule has 0 bridgehead atoms. The van der Waals surface area contributed by atoms with E-state index in [1.807, 2.05) is 0 Å². The van der Waals surface area contributed by atoms with Crippen LogP contribution in [0.3, 0.4) is 0 Å². The van der Waals surface area contributed by atoms with Crippen molar-refractivity contribution < 1.29 is 35.9 Å². The van der Waals surface area contributed by atoms with Crippen molar-refractivity contribution in [3.8, 4) is 5.75 Å². The van der Waals surface area contributed by atoms with E-state index in [0.29, 0.717) is 5.69 Å². The molecule has 1 N–H and O–H groups in total. The SMILES string of the molecule is O=C(Nc1ccccc1OC(F)(F)F)N1CCN(c2cccc(C(F)(F)F)c2)CC1. The predicted octanol–water partition coefficient (Wildman–Crippen LogP) is 4.96. The van der Waals surface area contributed by atoms with Gasteiger partial charge in [0.25, 0.3) is 0 Å². The van der Waals surface area contributed by atoms with E-state index in [2.05, 4.69) is 10.1 Å². The van der Waals surface area contributed by atoms with Crippen molar-refractivity contribution in [1.82, 2.24) is 4.90 Å². The second-order valence-electron chi connectivity index (χ2n) is 6.50. The molecule has 1 heterocycles. The zero-order valence-electron chi connectivity index (χ0n) is 15.4. The Kier molecular flexibility index (Phi) is 5.99. The molecule has 0 unspecified atom stereocenters. The summed E-state index contributed by atoms with van der Waals surface area (Å²) in [6, 6.07) is 9.40. The van der Waals surface area contributed by atoms with Crippen LogP contribution in [0.1, 0.15) is 5.56 Å². The predicted molar refractivity (Wildman–Crippen MR) is 97.4 cm³/mol. The van der Waals surface area contributed by atoms with Crippen molar-refractivity contribution in [3.05, 3.63) is 54.1 Å². The summed E-state index contributed by atoms with van der Waals surface area (Å²) >= 11 is 0. The van der Waals surface area contributed by atoms with E-state index < -0.39 is 29.9 Å². The number of anilines is 2. The number of alkyl halides is 6. The summed E-state index contributed by atoms with van der Waals surface area (Å²) < 4.78 is 80.1. The maximum atomic E-state index is 12.9. The van der Waals surface area contributed by atoms with Crippen LogP contribution in [0.15, 0.2) is 48.5 Å². The maximum absolute atomic E-state index is 12.9. The number of halogens is 6. The van der Waals surface area contributed by atoms with Gasteiger partial charge in [0.15, 0.2) is 5.75 Å². The average molecular weight is 433 g/mol. The number of hydrogen-bond acceptors (Lipinski definition) is 3. The summed E-state index contributed by atoms with van der Waals surface area (Å²) in [6.07, 6.45) is -9.36. The van der Waals surface area contributed by atoms with Gasteiger partial charge in [-0.3, -0.25) is 0 Å². The highest BCUT2D eigenvalue weighted by atomic mass is 19.4. The van der Waals surface area contributed by atoms with Crippen LogP contribution in [0.5, 0.6) is 5.75 Å². The molecule has 2 aromatic rings. The monoisotopic (exact) mass is 433 g/mol. The molecule has 0 aliphatic carbocycles. The fourth-order valence-corrected chi connectivity index (χ4v) is 3.02. The summed E-state index contributed by atoms with van der Waals surface area (Å²) in [6.45, 7) is 0.916. The summed E-state index contributed by atoms with van der Waals surface area (Å²) in [5.41, 5.74) is -0.518. The number of piperazine rings is 1. The lowest BCUT2D eigenvalue weighted by atomic mass is 10.1. The van der Waals surface area contributed by atoms with Gasteiger partial charge < -0.3 is 19.9 Å². The Morgan fingerprint density at radius 3 is 2.20 bits per heavy atom. The highest BCUT2D eigenvalue weighted by Crippen LogP contribution is 2.32. The Balaban J connectivity index is 1.62. The lowest BCUT2D eigenvalue weighted by Gasteiger charge is -2.36. The van der Waals surface area contributed by atoms with Crippen LogP contribution in [0, 0.1) is 0 Å². The molecule has 1 aliphatic rings. The van der Waals surface area contributed by atoms with Crippen molar-refractivity contribution in [3.63, 3.8) is 0 Å². The molecule has 3 rings (SSSR count). The molecule has 11 heteroatoms. The van der Waals surface area contributed by atoms with Gasteiger partial charge in [0, 0.05) is 31.9 Å². The third-order valence-corrected chi connectivity index (χ3v) is 4.46. The zero-order chi connectivity index (χ0) is 21.9. The number of para-hydroxylation sites is 2. The number of carbonyl (C=O) groups is 1. The van der Waals surface area contributed by atoms with Gasteiger partial charge in [0.2, 0.25) is 0 Å². The molecule has 0 aromatic heterocycles. The van der Waals surface area contributed by atoms with Crippen LogP contribution >= 0.6 is 0 Å². The molecule has 1 aliphatic heterocycles. The van der Waals surface area contributed by atoms with Crippen LogP contribution in [0.25, 0.3) is 0 Å². The number of benzene rings is 2. The number of ether oxygens (including phenoxy) is 1. The normalized spacial score (nSPS) is 15.1. The Hall–Kier alpha value is -3.11. The first-order valence-electron chi connectivity index (χ1n) is 8.86. The summed E-state index contributed by atoms with van der Waals surface area (Å²) in [5.74, 6) is -0.541.